The zero-order chi connectivity index (χ0) is 17.6. The van der Waals surface area contributed by atoms with Crippen LogP contribution in [-0.4, -0.2) is 47.7 Å². The molecule has 3 N–H and O–H groups in total. The lowest BCUT2D eigenvalue weighted by molar-refractivity contribution is -0.136. The highest BCUT2D eigenvalue weighted by Gasteiger charge is 2.30. The number of piperidine rings is 1. The molecule has 0 aliphatic carbocycles. The number of alkyl carbamates (subject to hydrolysis) is 1. The first-order valence-corrected chi connectivity index (χ1v) is 8.63. The average Bonchev–Trinajstić information content (AvgIpc) is 2.42. The standard InChI is InChI=1S/C17H33N3O3/c1-12(2)10-14(18)15(21)20-9-7-6-8-13(20)11-19-16(22)23-17(3,4)5/h12-14H,6-11,18H2,1-5H3,(H,19,22)/t13?,14-/m0/s1. The molecule has 1 aliphatic heterocycles. The van der Waals surface area contributed by atoms with Crippen molar-refractivity contribution in [2.45, 2.75) is 78.0 Å². The number of hydrogen-bond donors (Lipinski definition) is 2. The lowest BCUT2D eigenvalue weighted by Gasteiger charge is -2.37. The summed E-state index contributed by atoms with van der Waals surface area (Å²) in [7, 11) is 0. The van der Waals surface area contributed by atoms with Crippen molar-refractivity contribution < 1.29 is 14.3 Å². The quantitative estimate of drug-likeness (QED) is 0.811. The van der Waals surface area contributed by atoms with Crippen LogP contribution in [0.2, 0.25) is 0 Å². The first-order valence-electron chi connectivity index (χ1n) is 8.63. The number of carbonyl (C=O) groups excluding carboxylic acids is 2. The van der Waals surface area contributed by atoms with Crippen LogP contribution in [-0.2, 0) is 9.53 Å². The fourth-order valence-corrected chi connectivity index (χ4v) is 2.84. The molecule has 0 aromatic carbocycles. The van der Waals surface area contributed by atoms with Crippen LogP contribution in [0.4, 0.5) is 4.79 Å². The van der Waals surface area contributed by atoms with E-state index in [4.69, 9.17) is 10.5 Å². The maximum Gasteiger partial charge on any atom is 0.407 e. The Kier molecular flexibility index (Phi) is 7.32. The van der Waals surface area contributed by atoms with Gasteiger partial charge < -0.3 is 20.7 Å². The molecule has 6 nitrogen and oxygen atoms in total. The molecular weight excluding hydrogens is 294 g/mol. The average molecular weight is 327 g/mol. The highest BCUT2D eigenvalue weighted by Crippen LogP contribution is 2.19. The van der Waals surface area contributed by atoms with E-state index in [1.807, 2.05) is 25.7 Å². The Bertz CT molecular complexity index is 404. The van der Waals surface area contributed by atoms with Gasteiger partial charge in [-0.3, -0.25) is 4.79 Å². The molecule has 0 saturated carbocycles. The number of ether oxygens (including phenoxy) is 1. The van der Waals surface area contributed by atoms with Gasteiger partial charge in [0.05, 0.1) is 6.04 Å². The maximum absolute atomic E-state index is 12.6. The number of nitrogens with two attached hydrogens (primary N) is 1. The number of carbonyl (C=O) groups is 2. The first kappa shape index (κ1) is 19.7. The van der Waals surface area contributed by atoms with Crippen LogP contribution in [0.5, 0.6) is 0 Å². The zero-order valence-electron chi connectivity index (χ0n) is 15.2. The number of hydrogen-bond acceptors (Lipinski definition) is 4. The molecule has 1 fully saturated rings. The molecule has 2 amide bonds. The Morgan fingerprint density at radius 3 is 2.52 bits per heavy atom. The van der Waals surface area contributed by atoms with E-state index in [0.717, 1.165) is 19.3 Å². The van der Waals surface area contributed by atoms with Gasteiger partial charge in [-0.2, -0.15) is 0 Å². The second-order valence-corrected chi connectivity index (χ2v) is 7.80. The van der Waals surface area contributed by atoms with Gasteiger partial charge in [0.1, 0.15) is 5.60 Å². The van der Waals surface area contributed by atoms with Gasteiger partial charge in [0, 0.05) is 19.1 Å². The molecule has 1 aliphatic rings. The lowest BCUT2D eigenvalue weighted by atomic mass is 9.98. The van der Waals surface area contributed by atoms with Crippen molar-refractivity contribution in [2.24, 2.45) is 11.7 Å². The van der Waals surface area contributed by atoms with E-state index in [0.29, 0.717) is 25.4 Å². The number of nitrogens with one attached hydrogen (secondary N) is 1. The molecule has 1 unspecified atom stereocenters. The zero-order valence-corrected chi connectivity index (χ0v) is 15.2. The van der Waals surface area contributed by atoms with E-state index in [2.05, 4.69) is 19.2 Å². The highest BCUT2D eigenvalue weighted by molar-refractivity contribution is 5.82. The summed E-state index contributed by atoms with van der Waals surface area (Å²) >= 11 is 0. The molecule has 134 valence electrons. The minimum absolute atomic E-state index is 0.00183. The van der Waals surface area contributed by atoms with Crippen molar-refractivity contribution in [3.63, 3.8) is 0 Å². The molecule has 6 heteroatoms. The summed E-state index contributed by atoms with van der Waals surface area (Å²) in [6.45, 7) is 10.7. The van der Waals surface area contributed by atoms with Crippen LogP contribution in [0.1, 0.15) is 60.3 Å². The Morgan fingerprint density at radius 2 is 1.96 bits per heavy atom. The summed E-state index contributed by atoms with van der Waals surface area (Å²) in [4.78, 5) is 26.2. The fourth-order valence-electron chi connectivity index (χ4n) is 2.84. The monoisotopic (exact) mass is 327 g/mol. The van der Waals surface area contributed by atoms with E-state index < -0.39 is 17.7 Å². The molecule has 0 aromatic rings. The Labute approximate surface area is 140 Å². The van der Waals surface area contributed by atoms with Crippen molar-refractivity contribution >= 4 is 12.0 Å². The van der Waals surface area contributed by atoms with Crippen molar-refractivity contribution in [1.82, 2.24) is 10.2 Å². The smallest absolute Gasteiger partial charge is 0.407 e. The number of rotatable bonds is 5. The summed E-state index contributed by atoms with van der Waals surface area (Å²) < 4.78 is 5.25. The third kappa shape index (κ3) is 7.20. The van der Waals surface area contributed by atoms with Crippen LogP contribution in [0.3, 0.4) is 0 Å². The predicted molar refractivity (Wildman–Crippen MR) is 91.0 cm³/mol. The Morgan fingerprint density at radius 1 is 1.30 bits per heavy atom. The van der Waals surface area contributed by atoms with E-state index in [9.17, 15) is 9.59 Å². The minimum Gasteiger partial charge on any atom is -0.444 e. The second kappa shape index (κ2) is 8.52. The molecular formula is C17H33N3O3. The SMILES string of the molecule is CC(C)C[C@H](N)C(=O)N1CCCCC1CNC(=O)OC(C)(C)C. The summed E-state index contributed by atoms with van der Waals surface area (Å²) in [5.74, 6) is 0.381. The summed E-state index contributed by atoms with van der Waals surface area (Å²) in [5.41, 5.74) is 5.53. The van der Waals surface area contributed by atoms with Gasteiger partial charge in [0.25, 0.3) is 0 Å². The molecule has 1 saturated heterocycles. The Hall–Kier alpha value is -1.30. The van der Waals surface area contributed by atoms with Crippen LogP contribution in [0.15, 0.2) is 0 Å². The second-order valence-electron chi connectivity index (χ2n) is 7.80. The lowest BCUT2D eigenvalue weighted by Crippen LogP contribution is -2.54. The molecule has 2 atom stereocenters. The minimum atomic E-state index is -0.522. The van der Waals surface area contributed by atoms with Gasteiger partial charge in [-0.15, -0.1) is 0 Å². The maximum atomic E-state index is 12.6. The van der Waals surface area contributed by atoms with Gasteiger partial charge >= 0.3 is 6.09 Å². The van der Waals surface area contributed by atoms with Crippen LogP contribution in [0.25, 0.3) is 0 Å². The van der Waals surface area contributed by atoms with Crippen molar-refractivity contribution in [2.75, 3.05) is 13.1 Å². The van der Waals surface area contributed by atoms with Gasteiger partial charge in [0.15, 0.2) is 0 Å². The molecule has 1 heterocycles. The third-order valence-corrected chi connectivity index (χ3v) is 3.83. The first-order chi connectivity index (χ1) is 10.6. The van der Waals surface area contributed by atoms with E-state index >= 15 is 0 Å². The normalized spacial score (nSPS) is 20.3. The van der Waals surface area contributed by atoms with Crippen molar-refractivity contribution in [1.29, 1.82) is 0 Å². The number of likely N-dealkylation sites (tertiary alicyclic amines) is 1. The van der Waals surface area contributed by atoms with Gasteiger partial charge in [-0.05, 0) is 52.4 Å². The largest absolute Gasteiger partial charge is 0.444 e. The number of nitrogens with zero attached hydrogens (tertiary/aromatic N) is 1. The van der Waals surface area contributed by atoms with Crippen molar-refractivity contribution in [3.05, 3.63) is 0 Å². The van der Waals surface area contributed by atoms with Crippen LogP contribution >= 0.6 is 0 Å². The van der Waals surface area contributed by atoms with E-state index in [-0.39, 0.29) is 11.9 Å². The molecule has 0 radical (unpaired) electrons. The molecule has 0 aromatic heterocycles. The molecule has 23 heavy (non-hydrogen) atoms. The predicted octanol–water partition coefficient (Wildman–Crippen LogP) is 2.27. The van der Waals surface area contributed by atoms with Gasteiger partial charge in [0.2, 0.25) is 5.91 Å². The number of amides is 2. The fraction of sp³-hybridized carbons (Fsp3) is 0.882. The summed E-state index contributed by atoms with van der Waals surface area (Å²) in [6.07, 6.45) is 3.17. The van der Waals surface area contributed by atoms with Crippen LogP contribution < -0.4 is 11.1 Å². The Balaban J connectivity index is 2.57. The van der Waals surface area contributed by atoms with E-state index in [1.165, 1.54) is 0 Å². The summed E-state index contributed by atoms with van der Waals surface area (Å²) in [5, 5.41) is 2.78. The van der Waals surface area contributed by atoms with Gasteiger partial charge in [-0.1, -0.05) is 13.8 Å². The highest BCUT2D eigenvalue weighted by atomic mass is 16.6. The third-order valence-electron chi connectivity index (χ3n) is 3.83. The molecule has 0 bridgehead atoms. The van der Waals surface area contributed by atoms with Crippen molar-refractivity contribution in [3.8, 4) is 0 Å². The summed E-state index contributed by atoms with van der Waals surface area (Å²) in [6, 6.07) is -0.459. The van der Waals surface area contributed by atoms with Crippen LogP contribution in [0, 0.1) is 5.92 Å². The van der Waals surface area contributed by atoms with E-state index in [1.54, 1.807) is 0 Å². The van der Waals surface area contributed by atoms with Gasteiger partial charge in [-0.25, -0.2) is 4.79 Å². The molecule has 0 spiro atoms. The molecule has 1 rings (SSSR count). The topological polar surface area (TPSA) is 84.7 Å².